The van der Waals surface area contributed by atoms with Crippen LogP contribution in [0.2, 0.25) is 0 Å². The molecule has 2 aromatic rings. The molecule has 0 radical (unpaired) electrons. The fourth-order valence-corrected chi connectivity index (χ4v) is 2.23. The second-order valence-corrected chi connectivity index (χ2v) is 5.47. The van der Waals surface area contributed by atoms with Gasteiger partial charge in [0.05, 0.1) is 4.92 Å². The number of carbonyl (C=O) groups excluding carboxylic acids is 1. The molecule has 2 aromatic carbocycles. The topological polar surface area (TPSA) is 81.8 Å². The van der Waals surface area contributed by atoms with E-state index in [1.165, 1.54) is 18.2 Å². The summed E-state index contributed by atoms with van der Waals surface area (Å²) in [5, 5.41) is 10.8. The Morgan fingerprint density at radius 2 is 1.84 bits per heavy atom. The summed E-state index contributed by atoms with van der Waals surface area (Å²) in [6.45, 7) is 2.00. The van der Waals surface area contributed by atoms with Crippen LogP contribution in [0.4, 0.5) is 5.69 Å². The molecule has 0 spiro atoms. The van der Waals surface area contributed by atoms with Crippen LogP contribution >= 0.6 is 0 Å². The number of benzene rings is 2. The zero-order valence-electron chi connectivity index (χ0n) is 13.4. The van der Waals surface area contributed by atoms with Crippen molar-refractivity contribution >= 4 is 29.7 Å². The van der Waals surface area contributed by atoms with E-state index < -0.39 is 10.9 Å². The lowest BCUT2D eigenvalue weighted by Gasteiger charge is -1.95. The minimum absolute atomic E-state index is 0.0517. The summed E-state index contributed by atoms with van der Waals surface area (Å²) in [5.74, 6) is -0.405. The lowest BCUT2D eigenvalue weighted by molar-refractivity contribution is -0.384. The van der Waals surface area contributed by atoms with Gasteiger partial charge in [-0.15, -0.1) is 0 Å². The molecule has 25 heavy (non-hydrogen) atoms. The number of esters is 1. The average Bonchev–Trinajstić information content (AvgIpc) is 2.94. The van der Waals surface area contributed by atoms with Crippen LogP contribution in [0.3, 0.4) is 0 Å². The van der Waals surface area contributed by atoms with Crippen molar-refractivity contribution in [2.75, 3.05) is 0 Å². The van der Waals surface area contributed by atoms with Gasteiger partial charge in [0.1, 0.15) is 0 Å². The molecule has 1 aliphatic heterocycles. The van der Waals surface area contributed by atoms with Gasteiger partial charge in [-0.1, -0.05) is 42.0 Å². The lowest BCUT2D eigenvalue weighted by atomic mass is 10.1. The highest BCUT2D eigenvalue weighted by molar-refractivity contribution is 6.11. The summed E-state index contributed by atoms with van der Waals surface area (Å²) < 4.78 is 5.09. The Balaban J connectivity index is 1.81. The summed E-state index contributed by atoms with van der Waals surface area (Å²) in [7, 11) is 0. The maximum absolute atomic E-state index is 11.9. The Morgan fingerprint density at radius 3 is 2.56 bits per heavy atom. The van der Waals surface area contributed by atoms with E-state index in [2.05, 4.69) is 4.99 Å². The van der Waals surface area contributed by atoms with Gasteiger partial charge in [0, 0.05) is 18.2 Å². The molecule has 0 fully saturated rings. The number of non-ortho nitro benzene ring substituents is 1. The van der Waals surface area contributed by atoms with Crippen LogP contribution < -0.4 is 0 Å². The number of nitro groups is 1. The largest absolute Gasteiger partial charge is 0.403 e. The van der Waals surface area contributed by atoms with E-state index in [1.54, 1.807) is 24.3 Å². The normalized spacial score (nSPS) is 15.5. The quantitative estimate of drug-likeness (QED) is 0.367. The van der Waals surface area contributed by atoms with Crippen molar-refractivity contribution in [3.63, 3.8) is 0 Å². The second-order valence-electron chi connectivity index (χ2n) is 5.47. The maximum Gasteiger partial charge on any atom is 0.363 e. The number of aryl methyl sites for hydroxylation is 1. The number of nitrogens with zero attached hydrogens (tertiary/aromatic N) is 2. The zero-order valence-corrected chi connectivity index (χ0v) is 13.4. The molecule has 3 rings (SSSR count). The highest BCUT2D eigenvalue weighted by Gasteiger charge is 2.21. The molecule has 6 nitrogen and oxygen atoms in total. The zero-order chi connectivity index (χ0) is 17.8. The summed E-state index contributed by atoms with van der Waals surface area (Å²) in [5.41, 5.74) is 2.67. The number of ether oxygens (including phenoxy) is 1. The van der Waals surface area contributed by atoms with E-state index in [4.69, 9.17) is 4.74 Å². The van der Waals surface area contributed by atoms with Crippen LogP contribution in [0, 0.1) is 17.0 Å². The molecule has 0 N–H and O–H groups in total. The van der Waals surface area contributed by atoms with Crippen molar-refractivity contribution in [3.05, 3.63) is 87.1 Å². The third-order valence-electron chi connectivity index (χ3n) is 3.52. The van der Waals surface area contributed by atoms with Crippen LogP contribution in [0.15, 0.2) is 65.3 Å². The number of rotatable bonds is 4. The van der Waals surface area contributed by atoms with Crippen LogP contribution in [-0.4, -0.2) is 16.8 Å². The average molecular weight is 334 g/mol. The van der Waals surface area contributed by atoms with Crippen molar-refractivity contribution in [1.29, 1.82) is 0 Å². The molecule has 0 amide bonds. The number of carbonyl (C=O) groups is 1. The Morgan fingerprint density at radius 1 is 1.08 bits per heavy atom. The summed E-state index contributed by atoms with van der Waals surface area (Å²) in [6, 6.07) is 13.8. The molecule has 6 heteroatoms. The number of hydrogen-bond donors (Lipinski definition) is 0. The molecule has 1 heterocycles. The highest BCUT2D eigenvalue weighted by Crippen LogP contribution is 2.19. The molecule has 1 aliphatic rings. The van der Waals surface area contributed by atoms with Crippen molar-refractivity contribution in [2.24, 2.45) is 4.99 Å². The van der Waals surface area contributed by atoms with E-state index in [-0.39, 0.29) is 17.3 Å². The Hall–Kier alpha value is -3.54. The van der Waals surface area contributed by atoms with Crippen LogP contribution in [0.5, 0.6) is 0 Å². The minimum Gasteiger partial charge on any atom is -0.403 e. The maximum atomic E-state index is 11.9. The third kappa shape index (κ3) is 4.06. The van der Waals surface area contributed by atoms with Gasteiger partial charge in [-0.05, 0) is 30.2 Å². The Bertz CT molecular complexity index is 925. The van der Waals surface area contributed by atoms with Gasteiger partial charge in [-0.3, -0.25) is 10.1 Å². The molecule has 0 saturated carbocycles. The molecular formula is C19H14N2O4. The molecule has 124 valence electrons. The lowest BCUT2D eigenvalue weighted by Crippen LogP contribution is -2.01. The van der Waals surface area contributed by atoms with Crippen molar-refractivity contribution in [3.8, 4) is 0 Å². The monoisotopic (exact) mass is 334 g/mol. The summed E-state index contributed by atoms with van der Waals surface area (Å²) in [4.78, 5) is 26.3. The van der Waals surface area contributed by atoms with Gasteiger partial charge >= 0.3 is 5.97 Å². The molecule has 0 aliphatic carbocycles. The first kappa shape index (κ1) is 16.3. The molecular weight excluding hydrogens is 320 g/mol. The van der Waals surface area contributed by atoms with Crippen LogP contribution in [-0.2, 0) is 9.53 Å². The first-order chi connectivity index (χ1) is 12.0. The van der Waals surface area contributed by atoms with E-state index in [9.17, 15) is 14.9 Å². The van der Waals surface area contributed by atoms with Gasteiger partial charge in [0.25, 0.3) is 5.69 Å². The number of aliphatic imine (C=N–C) groups is 1. The predicted molar refractivity (Wildman–Crippen MR) is 94.8 cm³/mol. The fraction of sp³-hybridized carbons (Fsp3) is 0.0526. The highest BCUT2D eigenvalue weighted by atomic mass is 16.6. The predicted octanol–water partition coefficient (Wildman–Crippen LogP) is 3.91. The molecule has 0 atom stereocenters. The van der Waals surface area contributed by atoms with Crippen molar-refractivity contribution in [1.82, 2.24) is 0 Å². The molecule has 0 aromatic heterocycles. The Labute approximate surface area is 143 Å². The summed E-state index contributed by atoms with van der Waals surface area (Å²) >= 11 is 0. The SMILES string of the molecule is Cc1ccc(/C=C/C2=NC(=C\c3cccc([N+](=O)[O-])c3)/C(=O)O2)cc1. The third-order valence-corrected chi connectivity index (χ3v) is 3.52. The van der Waals surface area contributed by atoms with E-state index in [0.29, 0.717) is 5.56 Å². The summed E-state index contributed by atoms with van der Waals surface area (Å²) in [6.07, 6.45) is 4.86. The minimum atomic E-state index is -0.588. The van der Waals surface area contributed by atoms with Gasteiger partial charge < -0.3 is 4.74 Å². The molecule has 0 saturated heterocycles. The van der Waals surface area contributed by atoms with Gasteiger partial charge in [-0.2, -0.15) is 0 Å². The molecule has 0 unspecified atom stereocenters. The van der Waals surface area contributed by atoms with Crippen molar-refractivity contribution < 1.29 is 14.5 Å². The Kier molecular flexibility index (Phi) is 4.52. The van der Waals surface area contributed by atoms with Crippen LogP contribution in [0.25, 0.3) is 12.2 Å². The smallest absolute Gasteiger partial charge is 0.363 e. The van der Waals surface area contributed by atoms with Gasteiger partial charge in [-0.25, -0.2) is 9.79 Å². The van der Waals surface area contributed by atoms with E-state index in [0.717, 1.165) is 11.1 Å². The van der Waals surface area contributed by atoms with Gasteiger partial charge in [0.2, 0.25) is 5.90 Å². The number of cyclic esters (lactones) is 1. The van der Waals surface area contributed by atoms with Crippen LogP contribution in [0.1, 0.15) is 16.7 Å². The fourth-order valence-electron chi connectivity index (χ4n) is 2.23. The first-order valence-corrected chi connectivity index (χ1v) is 7.53. The number of nitro benzene ring substituents is 1. The van der Waals surface area contributed by atoms with E-state index >= 15 is 0 Å². The molecule has 0 bridgehead atoms. The van der Waals surface area contributed by atoms with E-state index in [1.807, 2.05) is 31.2 Å². The standard InChI is InChI=1S/C19H14N2O4/c1-13-5-7-14(8-6-13)9-10-18-20-17(19(22)25-18)12-15-3-2-4-16(11-15)21(23)24/h2-12H,1H3/b10-9+,17-12-. The van der Waals surface area contributed by atoms with Gasteiger partial charge in [0.15, 0.2) is 5.70 Å². The second kappa shape index (κ2) is 6.92. The first-order valence-electron chi connectivity index (χ1n) is 7.53. The number of hydrogen-bond acceptors (Lipinski definition) is 5. The van der Waals surface area contributed by atoms with Crippen molar-refractivity contribution in [2.45, 2.75) is 6.92 Å².